The first kappa shape index (κ1) is 15.7. The zero-order valence-corrected chi connectivity index (χ0v) is 14.0. The monoisotopic (exact) mass is 326 g/mol. The Morgan fingerprint density at radius 2 is 1.74 bits per heavy atom. The van der Waals surface area contributed by atoms with Crippen LogP contribution in [0.5, 0.6) is 0 Å². The van der Waals surface area contributed by atoms with Crippen molar-refractivity contribution in [3.63, 3.8) is 0 Å². The van der Waals surface area contributed by atoms with Gasteiger partial charge >= 0.3 is 0 Å². The Labute approximate surface area is 141 Å². The number of halogens is 1. The molecule has 118 valence electrons. The smallest absolute Gasteiger partial charge is 0.159 e. The van der Waals surface area contributed by atoms with E-state index in [4.69, 9.17) is 11.6 Å². The Morgan fingerprint density at radius 3 is 2.43 bits per heavy atom. The average Bonchev–Trinajstić information content (AvgIpc) is 2.91. The van der Waals surface area contributed by atoms with Gasteiger partial charge in [0.1, 0.15) is 5.82 Å². The van der Waals surface area contributed by atoms with Crippen LogP contribution in [0.3, 0.4) is 0 Å². The average molecular weight is 327 g/mol. The molecule has 0 aliphatic carbocycles. The molecule has 0 N–H and O–H groups in total. The molecular formula is C18H19ClN4. The minimum atomic E-state index is 0.674. The van der Waals surface area contributed by atoms with Gasteiger partial charge in [-0.2, -0.15) is 5.10 Å². The van der Waals surface area contributed by atoms with Crippen LogP contribution in [0.1, 0.15) is 11.4 Å². The highest BCUT2D eigenvalue weighted by Gasteiger charge is 2.11. The summed E-state index contributed by atoms with van der Waals surface area (Å²) in [5.74, 6) is 1.68. The third kappa shape index (κ3) is 3.97. The summed E-state index contributed by atoms with van der Waals surface area (Å²) in [6.07, 6.45) is 0. The third-order valence-corrected chi connectivity index (χ3v) is 3.80. The zero-order valence-electron chi connectivity index (χ0n) is 13.3. The molecule has 3 aromatic rings. The van der Waals surface area contributed by atoms with Crippen molar-refractivity contribution in [2.24, 2.45) is 0 Å². The molecule has 3 rings (SSSR count). The Bertz CT molecular complexity index is 765. The van der Waals surface area contributed by atoms with E-state index in [1.165, 1.54) is 5.56 Å². The van der Waals surface area contributed by atoms with E-state index >= 15 is 0 Å². The van der Waals surface area contributed by atoms with Crippen molar-refractivity contribution in [3.05, 3.63) is 71.0 Å². The van der Waals surface area contributed by atoms with Crippen LogP contribution in [-0.2, 0) is 13.2 Å². The van der Waals surface area contributed by atoms with Crippen LogP contribution in [0.4, 0.5) is 0 Å². The third-order valence-electron chi connectivity index (χ3n) is 3.55. The molecule has 0 fully saturated rings. The topological polar surface area (TPSA) is 34.0 Å². The summed E-state index contributed by atoms with van der Waals surface area (Å²) in [7, 11) is 2.07. The molecule has 0 saturated heterocycles. The van der Waals surface area contributed by atoms with Gasteiger partial charge in [0.15, 0.2) is 5.82 Å². The van der Waals surface area contributed by atoms with Crippen molar-refractivity contribution in [2.45, 2.75) is 20.1 Å². The summed E-state index contributed by atoms with van der Waals surface area (Å²) in [5.41, 5.74) is 2.29. The molecule has 0 bridgehead atoms. The molecule has 5 heteroatoms. The first-order chi connectivity index (χ1) is 11.1. The van der Waals surface area contributed by atoms with Crippen LogP contribution in [0, 0.1) is 6.92 Å². The van der Waals surface area contributed by atoms with Crippen molar-refractivity contribution < 1.29 is 0 Å². The number of hydrogen-bond donors (Lipinski definition) is 0. The molecule has 4 nitrogen and oxygen atoms in total. The fourth-order valence-electron chi connectivity index (χ4n) is 2.53. The predicted octanol–water partition coefficient (Wildman–Crippen LogP) is 4.00. The van der Waals surface area contributed by atoms with Crippen LogP contribution in [-0.4, -0.2) is 26.7 Å². The number of nitrogens with zero attached hydrogens (tertiary/aromatic N) is 4. The summed E-state index contributed by atoms with van der Waals surface area (Å²) >= 11 is 5.93. The van der Waals surface area contributed by atoms with E-state index in [1.807, 2.05) is 54.1 Å². The largest absolute Gasteiger partial charge is 0.283 e. The van der Waals surface area contributed by atoms with Gasteiger partial charge in [0.05, 0.1) is 6.67 Å². The van der Waals surface area contributed by atoms with E-state index in [0.29, 0.717) is 6.67 Å². The van der Waals surface area contributed by atoms with Gasteiger partial charge in [0.25, 0.3) is 0 Å². The van der Waals surface area contributed by atoms with Crippen LogP contribution in [0.2, 0.25) is 5.02 Å². The van der Waals surface area contributed by atoms with Gasteiger partial charge in [-0.3, -0.25) is 4.90 Å². The van der Waals surface area contributed by atoms with Crippen LogP contribution in [0.25, 0.3) is 11.4 Å². The number of benzene rings is 2. The minimum absolute atomic E-state index is 0.674. The van der Waals surface area contributed by atoms with Crippen LogP contribution in [0.15, 0.2) is 54.6 Å². The van der Waals surface area contributed by atoms with Gasteiger partial charge in [-0.1, -0.05) is 54.1 Å². The molecule has 0 saturated carbocycles. The molecule has 1 heterocycles. The van der Waals surface area contributed by atoms with E-state index in [1.54, 1.807) is 0 Å². The summed E-state index contributed by atoms with van der Waals surface area (Å²) in [6.45, 7) is 3.42. The summed E-state index contributed by atoms with van der Waals surface area (Å²) in [6, 6.07) is 18.1. The Hall–Kier alpha value is -2.17. The maximum Gasteiger partial charge on any atom is 0.159 e. The molecule has 0 aliphatic heterocycles. The molecular weight excluding hydrogens is 308 g/mol. The van der Waals surface area contributed by atoms with Gasteiger partial charge in [-0.15, -0.1) is 0 Å². The van der Waals surface area contributed by atoms with Gasteiger partial charge in [-0.05, 0) is 31.7 Å². The van der Waals surface area contributed by atoms with Crippen molar-refractivity contribution in [1.29, 1.82) is 0 Å². The lowest BCUT2D eigenvalue weighted by molar-refractivity contribution is 0.247. The molecule has 0 amide bonds. The second-order valence-corrected chi connectivity index (χ2v) is 6.07. The highest BCUT2D eigenvalue weighted by Crippen LogP contribution is 2.17. The van der Waals surface area contributed by atoms with Crippen molar-refractivity contribution in [2.75, 3.05) is 7.05 Å². The lowest BCUT2D eigenvalue weighted by Crippen LogP contribution is -2.23. The van der Waals surface area contributed by atoms with Gasteiger partial charge < -0.3 is 0 Å². The molecule has 0 spiro atoms. The molecule has 0 radical (unpaired) electrons. The lowest BCUT2D eigenvalue weighted by atomic mass is 10.2. The number of aryl methyl sites for hydroxylation is 1. The van der Waals surface area contributed by atoms with Gasteiger partial charge in [0.2, 0.25) is 0 Å². The molecule has 0 aliphatic rings. The summed E-state index contributed by atoms with van der Waals surface area (Å²) in [4.78, 5) is 6.76. The molecule has 1 aromatic heterocycles. The van der Waals surface area contributed by atoms with Crippen molar-refractivity contribution in [1.82, 2.24) is 19.7 Å². The predicted molar refractivity (Wildman–Crippen MR) is 93.1 cm³/mol. The normalized spacial score (nSPS) is 11.1. The fourth-order valence-corrected chi connectivity index (χ4v) is 2.66. The van der Waals surface area contributed by atoms with E-state index in [0.717, 1.165) is 28.8 Å². The highest BCUT2D eigenvalue weighted by atomic mass is 35.5. The quantitative estimate of drug-likeness (QED) is 0.710. The number of rotatable bonds is 5. The van der Waals surface area contributed by atoms with Gasteiger partial charge in [-0.25, -0.2) is 9.67 Å². The lowest BCUT2D eigenvalue weighted by Gasteiger charge is -2.18. The SMILES string of the molecule is Cc1nc(-c2ccccc2)n(CN(C)Cc2ccc(Cl)cc2)n1. The second-order valence-electron chi connectivity index (χ2n) is 5.63. The van der Waals surface area contributed by atoms with Crippen LogP contribution >= 0.6 is 11.6 Å². The van der Waals surface area contributed by atoms with Crippen molar-refractivity contribution in [3.8, 4) is 11.4 Å². The van der Waals surface area contributed by atoms with Crippen LogP contribution < -0.4 is 0 Å². The molecule has 0 atom stereocenters. The Morgan fingerprint density at radius 1 is 1.04 bits per heavy atom. The first-order valence-corrected chi connectivity index (χ1v) is 7.89. The molecule has 2 aromatic carbocycles. The molecule has 0 unspecified atom stereocenters. The Balaban J connectivity index is 1.76. The first-order valence-electron chi connectivity index (χ1n) is 7.51. The fraction of sp³-hybridized carbons (Fsp3) is 0.222. The van der Waals surface area contributed by atoms with E-state index < -0.39 is 0 Å². The second kappa shape index (κ2) is 6.94. The minimum Gasteiger partial charge on any atom is -0.283 e. The van der Waals surface area contributed by atoms with E-state index in [2.05, 4.69) is 34.2 Å². The van der Waals surface area contributed by atoms with E-state index in [-0.39, 0.29) is 0 Å². The maximum absolute atomic E-state index is 5.93. The molecule has 23 heavy (non-hydrogen) atoms. The summed E-state index contributed by atoms with van der Waals surface area (Å²) < 4.78 is 1.95. The van der Waals surface area contributed by atoms with E-state index in [9.17, 15) is 0 Å². The zero-order chi connectivity index (χ0) is 16.2. The standard InChI is InChI=1S/C18H19ClN4/c1-14-20-18(16-6-4-3-5-7-16)23(21-14)13-22(2)12-15-8-10-17(19)11-9-15/h3-11H,12-13H2,1-2H3. The summed E-state index contributed by atoms with van der Waals surface area (Å²) in [5, 5.41) is 5.28. The Kier molecular flexibility index (Phi) is 4.74. The maximum atomic E-state index is 5.93. The highest BCUT2D eigenvalue weighted by molar-refractivity contribution is 6.30. The number of hydrogen-bond acceptors (Lipinski definition) is 3. The van der Waals surface area contributed by atoms with Crippen molar-refractivity contribution >= 4 is 11.6 Å². The number of aromatic nitrogens is 3. The van der Waals surface area contributed by atoms with Gasteiger partial charge in [0, 0.05) is 17.1 Å².